The molecule has 1 saturated carbocycles. The van der Waals surface area contributed by atoms with Gasteiger partial charge in [0.15, 0.2) is 0 Å². The molecule has 0 spiro atoms. The fraction of sp³-hybridized carbons (Fsp3) is 0.529. The van der Waals surface area contributed by atoms with Crippen molar-refractivity contribution in [3.8, 4) is 6.07 Å². The number of anilines is 1. The third-order valence-electron chi connectivity index (χ3n) is 4.86. The summed E-state index contributed by atoms with van der Waals surface area (Å²) in [7, 11) is 0. The van der Waals surface area contributed by atoms with Gasteiger partial charge in [0.25, 0.3) is 0 Å². The van der Waals surface area contributed by atoms with E-state index in [0.717, 1.165) is 32.4 Å². The van der Waals surface area contributed by atoms with Gasteiger partial charge in [0, 0.05) is 37.9 Å². The summed E-state index contributed by atoms with van der Waals surface area (Å²) >= 11 is 5.99. The molecule has 1 aromatic carbocycles. The number of aliphatic hydroxyl groups excluding tert-OH is 1. The first-order valence-corrected chi connectivity index (χ1v) is 8.64. The van der Waals surface area contributed by atoms with Crippen molar-refractivity contribution in [2.45, 2.75) is 31.4 Å². The summed E-state index contributed by atoms with van der Waals surface area (Å²) in [6.45, 7) is 2.84. The number of amides is 2. The van der Waals surface area contributed by atoms with E-state index in [-0.39, 0.29) is 18.2 Å². The van der Waals surface area contributed by atoms with Gasteiger partial charge in [-0.2, -0.15) is 5.26 Å². The molecule has 7 heteroatoms. The minimum absolute atomic E-state index is 0.164. The molecular formula is C17H21ClN4O2. The zero-order valence-corrected chi connectivity index (χ0v) is 14.2. The van der Waals surface area contributed by atoms with Crippen molar-refractivity contribution in [2.75, 3.05) is 31.5 Å². The summed E-state index contributed by atoms with van der Waals surface area (Å²) in [4.78, 5) is 16.4. The molecule has 6 nitrogen and oxygen atoms in total. The van der Waals surface area contributed by atoms with Gasteiger partial charge in [0.05, 0.1) is 16.7 Å². The van der Waals surface area contributed by atoms with Crippen LogP contribution >= 0.6 is 11.6 Å². The second-order valence-corrected chi connectivity index (χ2v) is 6.73. The van der Waals surface area contributed by atoms with Crippen LogP contribution in [0.4, 0.5) is 10.5 Å². The van der Waals surface area contributed by atoms with Crippen LogP contribution in [-0.2, 0) is 0 Å². The van der Waals surface area contributed by atoms with Gasteiger partial charge >= 0.3 is 6.03 Å². The van der Waals surface area contributed by atoms with Crippen molar-refractivity contribution in [3.05, 3.63) is 28.8 Å². The molecule has 1 saturated heterocycles. The lowest BCUT2D eigenvalue weighted by atomic mass is 10.1. The first kappa shape index (κ1) is 17.0. The summed E-state index contributed by atoms with van der Waals surface area (Å²) in [6.07, 6.45) is 2.76. The Morgan fingerprint density at radius 3 is 2.62 bits per heavy atom. The molecule has 0 aromatic heterocycles. The Bertz CT molecular complexity index is 652. The maximum Gasteiger partial charge on any atom is 0.321 e. The van der Waals surface area contributed by atoms with E-state index in [1.165, 1.54) is 0 Å². The Morgan fingerprint density at radius 1 is 1.29 bits per heavy atom. The fourth-order valence-electron chi connectivity index (χ4n) is 3.49. The standard InChI is InChI=1S/C17H21ClN4O2/c18-14-10-13(5-4-12(14)11-19)20-17(24)22-8-6-21(7-9-22)15-2-1-3-16(15)23/h4-5,10,15-16,23H,1-3,6-9H2,(H,20,24). The number of hydrogen-bond donors (Lipinski definition) is 2. The Morgan fingerprint density at radius 2 is 2.04 bits per heavy atom. The van der Waals surface area contributed by atoms with Gasteiger partial charge in [-0.1, -0.05) is 11.6 Å². The predicted octanol–water partition coefficient (Wildman–Crippen LogP) is 2.27. The van der Waals surface area contributed by atoms with E-state index in [2.05, 4.69) is 10.2 Å². The van der Waals surface area contributed by atoms with Crippen LogP contribution in [0.2, 0.25) is 5.02 Å². The second-order valence-electron chi connectivity index (χ2n) is 6.33. The minimum atomic E-state index is -0.230. The maximum atomic E-state index is 12.4. The molecule has 2 amide bonds. The number of hydrogen-bond acceptors (Lipinski definition) is 4. The molecule has 2 atom stereocenters. The van der Waals surface area contributed by atoms with Crippen LogP contribution in [-0.4, -0.2) is 59.3 Å². The quantitative estimate of drug-likeness (QED) is 0.859. The van der Waals surface area contributed by atoms with Crippen LogP contribution in [0.3, 0.4) is 0 Å². The molecule has 1 aromatic rings. The fourth-order valence-corrected chi connectivity index (χ4v) is 3.71. The van der Waals surface area contributed by atoms with Gasteiger partial charge in [0.2, 0.25) is 0 Å². The van der Waals surface area contributed by atoms with Gasteiger partial charge in [-0.3, -0.25) is 4.90 Å². The number of carbonyl (C=O) groups excluding carboxylic acids is 1. The Kier molecular flexibility index (Phi) is 5.24. The van der Waals surface area contributed by atoms with Crippen LogP contribution in [0.5, 0.6) is 0 Å². The highest BCUT2D eigenvalue weighted by Crippen LogP contribution is 2.25. The van der Waals surface area contributed by atoms with E-state index in [1.807, 2.05) is 6.07 Å². The molecule has 1 heterocycles. The number of aliphatic hydroxyl groups is 1. The van der Waals surface area contributed by atoms with Gasteiger partial charge in [-0.05, 0) is 37.5 Å². The third-order valence-corrected chi connectivity index (χ3v) is 5.17. The number of rotatable bonds is 2. The highest BCUT2D eigenvalue weighted by atomic mass is 35.5. The summed E-state index contributed by atoms with van der Waals surface area (Å²) < 4.78 is 0. The lowest BCUT2D eigenvalue weighted by Crippen LogP contribution is -2.54. The third kappa shape index (κ3) is 3.64. The van der Waals surface area contributed by atoms with Crippen LogP contribution < -0.4 is 5.32 Å². The zero-order chi connectivity index (χ0) is 17.1. The molecule has 2 unspecified atom stereocenters. The summed E-state index contributed by atoms with van der Waals surface area (Å²) in [5.74, 6) is 0. The first-order valence-electron chi connectivity index (χ1n) is 8.26. The predicted molar refractivity (Wildman–Crippen MR) is 92.0 cm³/mol. The average molecular weight is 349 g/mol. The van der Waals surface area contributed by atoms with E-state index >= 15 is 0 Å². The first-order chi connectivity index (χ1) is 11.6. The van der Waals surface area contributed by atoms with E-state index in [1.54, 1.807) is 23.1 Å². The molecule has 24 heavy (non-hydrogen) atoms. The summed E-state index contributed by atoms with van der Waals surface area (Å²) in [5, 5.41) is 22.0. The van der Waals surface area contributed by atoms with Crippen molar-refractivity contribution in [2.24, 2.45) is 0 Å². The van der Waals surface area contributed by atoms with E-state index < -0.39 is 0 Å². The molecule has 3 rings (SSSR count). The molecular weight excluding hydrogens is 328 g/mol. The van der Waals surface area contributed by atoms with Crippen molar-refractivity contribution in [1.29, 1.82) is 5.26 Å². The van der Waals surface area contributed by atoms with Crippen LogP contribution in [0, 0.1) is 11.3 Å². The average Bonchev–Trinajstić information content (AvgIpc) is 3.01. The number of carbonyl (C=O) groups is 1. The Hall–Kier alpha value is -1.81. The van der Waals surface area contributed by atoms with Gasteiger partial charge < -0.3 is 15.3 Å². The van der Waals surface area contributed by atoms with Crippen molar-refractivity contribution >= 4 is 23.3 Å². The van der Waals surface area contributed by atoms with Gasteiger partial charge in [0.1, 0.15) is 6.07 Å². The topological polar surface area (TPSA) is 79.6 Å². The number of nitrogens with one attached hydrogen (secondary N) is 1. The molecule has 128 valence electrons. The molecule has 1 aliphatic carbocycles. The number of urea groups is 1. The zero-order valence-electron chi connectivity index (χ0n) is 13.4. The SMILES string of the molecule is N#Cc1ccc(NC(=O)N2CCN(C3CCCC3O)CC2)cc1Cl. The molecule has 2 fully saturated rings. The largest absolute Gasteiger partial charge is 0.391 e. The Labute approximate surface area is 146 Å². The van der Waals surface area contributed by atoms with Crippen LogP contribution in [0.25, 0.3) is 0 Å². The number of nitriles is 1. The summed E-state index contributed by atoms with van der Waals surface area (Å²) in [5.41, 5.74) is 0.969. The maximum absolute atomic E-state index is 12.4. The second kappa shape index (κ2) is 7.39. The number of benzene rings is 1. The van der Waals surface area contributed by atoms with Gasteiger partial charge in [-0.25, -0.2) is 4.79 Å². The van der Waals surface area contributed by atoms with Crippen LogP contribution in [0.15, 0.2) is 18.2 Å². The van der Waals surface area contributed by atoms with Crippen LogP contribution in [0.1, 0.15) is 24.8 Å². The molecule has 2 N–H and O–H groups in total. The van der Waals surface area contributed by atoms with Gasteiger partial charge in [-0.15, -0.1) is 0 Å². The van der Waals surface area contributed by atoms with E-state index in [0.29, 0.717) is 29.4 Å². The number of nitrogens with zero attached hydrogens (tertiary/aromatic N) is 3. The lowest BCUT2D eigenvalue weighted by molar-refractivity contribution is 0.0447. The molecule has 1 aliphatic heterocycles. The van der Waals surface area contributed by atoms with E-state index in [9.17, 15) is 9.90 Å². The molecule has 0 bridgehead atoms. The Balaban J connectivity index is 1.54. The highest BCUT2D eigenvalue weighted by Gasteiger charge is 2.33. The summed E-state index contributed by atoms with van der Waals surface area (Å²) in [6, 6.07) is 6.93. The highest BCUT2D eigenvalue weighted by molar-refractivity contribution is 6.32. The molecule has 0 radical (unpaired) electrons. The number of piperazine rings is 1. The molecule has 2 aliphatic rings. The normalized spacial score (nSPS) is 24.6. The van der Waals surface area contributed by atoms with Crippen molar-refractivity contribution in [1.82, 2.24) is 9.80 Å². The van der Waals surface area contributed by atoms with E-state index in [4.69, 9.17) is 16.9 Å². The monoisotopic (exact) mass is 348 g/mol. The van der Waals surface area contributed by atoms with Crippen molar-refractivity contribution < 1.29 is 9.90 Å². The number of halogens is 1. The lowest BCUT2D eigenvalue weighted by Gasteiger charge is -2.39. The minimum Gasteiger partial charge on any atom is -0.391 e. The smallest absolute Gasteiger partial charge is 0.321 e. The van der Waals surface area contributed by atoms with Crippen molar-refractivity contribution in [3.63, 3.8) is 0 Å².